The lowest BCUT2D eigenvalue weighted by Crippen LogP contribution is -2.54. The minimum Gasteiger partial charge on any atom is -0.489 e. The van der Waals surface area contributed by atoms with E-state index in [1.165, 1.54) is 12.1 Å². The molecule has 1 N–H and O–H groups in total. The Hall–Kier alpha value is -3.78. The summed E-state index contributed by atoms with van der Waals surface area (Å²) in [4.78, 5) is 27.0. The van der Waals surface area contributed by atoms with Crippen molar-refractivity contribution in [3.05, 3.63) is 105 Å². The Morgan fingerprint density at radius 3 is 2.64 bits per heavy atom. The van der Waals surface area contributed by atoms with Crippen LogP contribution in [0.1, 0.15) is 22.6 Å². The summed E-state index contributed by atoms with van der Waals surface area (Å²) < 4.78 is 19.1. The molecule has 1 amide bonds. The Bertz CT molecular complexity index is 1230. The number of amides is 1. The molecule has 7 nitrogen and oxygen atoms in total. The number of benzene rings is 3. The van der Waals surface area contributed by atoms with E-state index in [1.807, 2.05) is 0 Å². The third kappa shape index (κ3) is 3.34. The Balaban J connectivity index is 1.43. The number of likely N-dealkylation sites (tertiary alicyclic amines) is 1. The van der Waals surface area contributed by atoms with E-state index >= 15 is 0 Å². The number of rotatable bonds is 5. The van der Waals surface area contributed by atoms with Gasteiger partial charge < -0.3 is 10.1 Å². The molecule has 0 aliphatic carbocycles. The van der Waals surface area contributed by atoms with Crippen LogP contribution in [0.4, 0.5) is 10.1 Å². The molecule has 0 saturated carbocycles. The molecule has 0 unspecified atom stereocenters. The van der Waals surface area contributed by atoms with Crippen molar-refractivity contribution in [2.75, 3.05) is 18.9 Å². The number of anilines is 1. The smallest absolute Gasteiger partial charge is 0.256 e. The average molecular weight is 447 g/mol. The third-order valence-electron chi connectivity index (χ3n) is 6.64. The first kappa shape index (κ1) is 21.1. The fourth-order valence-electron chi connectivity index (χ4n) is 5.18. The van der Waals surface area contributed by atoms with Gasteiger partial charge in [0.25, 0.3) is 11.9 Å². The second-order valence-corrected chi connectivity index (χ2v) is 8.47. The van der Waals surface area contributed by atoms with Crippen LogP contribution in [-0.4, -0.2) is 35.4 Å². The van der Waals surface area contributed by atoms with Gasteiger partial charge in [-0.05, 0) is 48.5 Å². The third-order valence-corrected chi connectivity index (χ3v) is 6.64. The van der Waals surface area contributed by atoms with Crippen molar-refractivity contribution in [2.45, 2.75) is 24.1 Å². The van der Waals surface area contributed by atoms with E-state index in [1.54, 1.807) is 72.6 Å². The molecule has 5 rings (SSSR count). The van der Waals surface area contributed by atoms with Crippen LogP contribution >= 0.6 is 0 Å². The van der Waals surface area contributed by atoms with E-state index in [4.69, 9.17) is 4.74 Å². The number of fused-ring (bicyclic) bond motifs is 2. The summed E-state index contributed by atoms with van der Waals surface area (Å²) in [6.07, 6.45) is 0. The van der Waals surface area contributed by atoms with Crippen molar-refractivity contribution in [3.63, 3.8) is 0 Å². The van der Waals surface area contributed by atoms with E-state index in [-0.39, 0.29) is 23.3 Å². The number of nitro groups is 1. The molecule has 2 heterocycles. The van der Waals surface area contributed by atoms with Gasteiger partial charge >= 0.3 is 0 Å². The van der Waals surface area contributed by atoms with Crippen LogP contribution in [0.25, 0.3) is 0 Å². The molecule has 2 aliphatic rings. The Kier molecular flexibility index (Phi) is 5.09. The lowest BCUT2D eigenvalue weighted by molar-refractivity contribution is -0.534. The van der Waals surface area contributed by atoms with Crippen molar-refractivity contribution in [1.29, 1.82) is 0 Å². The van der Waals surface area contributed by atoms with Gasteiger partial charge in [0, 0.05) is 22.7 Å². The van der Waals surface area contributed by atoms with E-state index in [0.29, 0.717) is 29.1 Å². The fourth-order valence-corrected chi connectivity index (χ4v) is 5.18. The SMILES string of the molecule is CN1C[C@H](c2ccc(OCc3cccc(F)c3)cc2)[C@@H]([N+](=O)[O-])[C@]12C(=O)Nc1ccccc12. The number of nitrogens with zero attached hydrogens (tertiary/aromatic N) is 2. The van der Waals surface area contributed by atoms with E-state index in [9.17, 15) is 19.3 Å². The highest BCUT2D eigenvalue weighted by molar-refractivity contribution is 6.06. The number of carbonyl (C=O) groups excluding carboxylic acids is 1. The molecule has 3 aromatic rings. The van der Waals surface area contributed by atoms with Gasteiger partial charge in [-0.25, -0.2) is 4.39 Å². The zero-order valence-corrected chi connectivity index (χ0v) is 17.9. The Morgan fingerprint density at radius 2 is 1.91 bits per heavy atom. The minimum absolute atomic E-state index is 0.209. The molecular weight excluding hydrogens is 425 g/mol. The minimum atomic E-state index is -1.36. The first-order valence-electron chi connectivity index (χ1n) is 10.6. The molecule has 8 heteroatoms. The molecule has 1 saturated heterocycles. The maximum Gasteiger partial charge on any atom is 0.256 e. The van der Waals surface area contributed by atoms with Gasteiger partial charge in [-0.3, -0.25) is 19.8 Å². The highest BCUT2D eigenvalue weighted by Gasteiger charge is 2.68. The summed E-state index contributed by atoms with van der Waals surface area (Å²) in [5, 5.41) is 15.2. The molecule has 0 bridgehead atoms. The molecule has 0 radical (unpaired) electrons. The van der Waals surface area contributed by atoms with Gasteiger partial charge in [0.05, 0.1) is 5.92 Å². The lowest BCUT2D eigenvalue weighted by Gasteiger charge is -2.30. The molecule has 33 heavy (non-hydrogen) atoms. The zero-order chi connectivity index (χ0) is 23.2. The van der Waals surface area contributed by atoms with Crippen LogP contribution in [0.2, 0.25) is 0 Å². The topological polar surface area (TPSA) is 84.7 Å². The van der Waals surface area contributed by atoms with Crippen LogP contribution in [0, 0.1) is 15.9 Å². The number of carbonyl (C=O) groups is 1. The van der Waals surface area contributed by atoms with Crippen molar-refractivity contribution in [3.8, 4) is 5.75 Å². The summed E-state index contributed by atoms with van der Waals surface area (Å²) in [6, 6.07) is 19.3. The molecule has 1 spiro atoms. The highest BCUT2D eigenvalue weighted by atomic mass is 19.1. The van der Waals surface area contributed by atoms with Gasteiger partial charge in [-0.1, -0.05) is 42.5 Å². The monoisotopic (exact) mass is 447 g/mol. The van der Waals surface area contributed by atoms with E-state index in [2.05, 4.69) is 5.32 Å². The van der Waals surface area contributed by atoms with Crippen molar-refractivity contribution in [1.82, 2.24) is 4.90 Å². The Labute approximate surface area is 189 Å². The summed E-state index contributed by atoms with van der Waals surface area (Å²) in [7, 11) is 1.76. The number of nitrogens with one attached hydrogen (secondary N) is 1. The standard InChI is InChI=1S/C25H22FN3O4/c1-28-14-20(17-9-11-19(12-10-17)33-15-16-5-4-6-18(26)13-16)23(29(31)32)25(28)21-7-2-3-8-22(21)27-24(25)30/h2-13,20,23H,14-15H2,1H3,(H,27,30)/t20-,23-,25-/m1/s1. The van der Waals surface area contributed by atoms with Crippen LogP contribution in [0.5, 0.6) is 5.75 Å². The molecule has 1 fully saturated rings. The van der Waals surface area contributed by atoms with Gasteiger partial charge in [-0.2, -0.15) is 0 Å². The van der Waals surface area contributed by atoms with Gasteiger partial charge in [0.2, 0.25) is 0 Å². The number of hydrogen-bond donors (Lipinski definition) is 1. The van der Waals surface area contributed by atoms with E-state index < -0.39 is 17.5 Å². The average Bonchev–Trinajstić information content (AvgIpc) is 3.28. The predicted molar refractivity (Wildman–Crippen MR) is 120 cm³/mol. The molecule has 3 atom stereocenters. The van der Waals surface area contributed by atoms with Gasteiger partial charge in [0.15, 0.2) is 5.54 Å². The summed E-state index contributed by atoms with van der Waals surface area (Å²) in [5.74, 6) is -0.607. The van der Waals surface area contributed by atoms with Crippen LogP contribution in [-0.2, 0) is 16.9 Å². The van der Waals surface area contributed by atoms with Crippen molar-refractivity contribution >= 4 is 11.6 Å². The molecule has 0 aromatic heterocycles. The normalized spacial score (nSPS) is 24.0. The number of ether oxygens (including phenoxy) is 1. The number of hydrogen-bond acceptors (Lipinski definition) is 5. The summed E-state index contributed by atoms with van der Waals surface area (Å²) in [5.41, 5.74) is 1.35. The zero-order valence-electron chi connectivity index (χ0n) is 17.9. The number of likely N-dealkylation sites (N-methyl/N-ethyl adjacent to an activating group) is 1. The van der Waals surface area contributed by atoms with E-state index in [0.717, 1.165) is 5.56 Å². The van der Waals surface area contributed by atoms with Crippen LogP contribution < -0.4 is 10.1 Å². The summed E-state index contributed by atoms with van der Waals surface area (Å²) >= 11 is 0. The van der Waals surface area contributed by atoms with Gasteiger partial charge in [-0.15, -0.1) is 0 Å². The number of halogens is 1. The summed E-state index contributed by atoms with van der Waals surface area (Å²) in [6.45, 7) is 0.567. The molecular formula is C25H22FN3O4. The predicted octanol–water partition coefficient (Wildman–Crippen LogP) is 3.93. The molecule has 168 valence electrons. The maximum atomic E-state index is 13.4. The second kappa shape index (κ2) is 7.97. The maximum absolute atomic E-state index is 13.4. The second-order valence-electron chi connectivity index (χ2n) is 8.47. The largest absolute Gasteiger partial charge is 0.489 e. The fraction of sp³-hybridized carbons (Fsp3) is 0.240. The quantitative estimate of drug-likeness (QED) is 0.473. The number of para-hydroxylation sites is 1. The van der Waals surface area contributed by atoms with Crippen molar-refractivity contribution < 1.29 is 18.8 Å². The molecule has 3 aromatic carbocycles. The molecule has 2 aliphatic heterocycles. The van der Waals surface area contributed by atoms with Crippen molar-refractivity contribution in [2.24, 2.45) is 0 Å². The van der Waals surface area contributed by atoms with Gasteiger partial charge in [0.1, 0.15) is 18.2 Å². The Morgan fingerprint density at radius 1 is 1.15 bits per heavy atom. The first-order chi connectivity index (χ1) is 15.9. The van der Waals surface area contributed by atoms with Crippen LogP contribution in [0.15, 0.2) is 72.8 Å². The lowest BCUT2D eigenvalue weighted by atomic mass is 9.79. The highest BCUT2D eigenvalue weighted by Crippen LogP contribution is 2.51. The first-order valence-corrected chi connectivity index (χ1v) is 10.6. The van der Waals surface area contributed by atoms with Crippen LogP contribution in [0.3, 0.4) is 0 Å².